The van der Waals surface area contributed by atoms with Gasteiger partial charge in [0.05, 0.1) is 31.3 Å². The number of para-hydroxylation sites is 2. The molecule has 4 rings (SSSR count). The molecule has 0 radical (unpaired) electrons. The Hall–Kier alpha value is -3.45. The third-order valence-electron chi connectivity index (χ3n) is 4.88. The van der Waals surface area contributed by atoms with Crippen LogP contribution in [0.2, 0.25) is 5.02 Å². The highest BCUT2D eigenvalue weighted by Crippen LogP contribution is 2.38. The second kappa shape index (κ2) is 10.9. The molecule has 0 saturated carbocycles. The maximum Gasteiger partial charge on any atom is 0.224 e. The van der Waals surface area contributed by atoms with E-state index in [1.807, 2.05) is 37.3 Å². The van der Waals surface area contributed by atoms with Crippen molar-refractivity contribution in [2.75, 3.05) is 19.8 Å². The highest BCUT2D eigenvalue weighted by Gasteiger charge is 2.17. The van der Waals surface area contributed by atoms with Crippen molar-refractivity contribution in [3.05, 3.63) is 70.9 Å². The third-order valence-corrected chi connectivity index (χ3v) is 5.16. The van der Waals surface area contributed by atoms with Gasteiger partial charge in [0.1, 0.15) is 0 Å². The van der Waals surface area contributed by atoms with Gasteiger partial charge in [0.25, 0.3) is 0 Å². The summed E-state index contributed by atoms with van der Waals surface area (Å²) < 4.78 is 22.7. The molecule has 0 bridgehead atoms. The summed E-state index contributed by atoms with van der Waals surface area (Å²) in [6.45, 7) is 3.93. The molecule has 172 valence electrons. The van der Waals surface area contributed by atoms with E-state index in [1.165, 1.54) is 0 Å². The van der Waals surface area contributed by atoms with Crippen LogP contribution in [0.1, 0.15) is 24.5 Å². The predicted molar refractivity (Wildman–Crippen MR) is 125 cm³/mol. The van der Waals surface area contributed by atoms with Gasteiger partial charge in [-0.15, -0.1) is 0 Å². The molecule has 0 atom stereocenters. The topological polar surface area (TPSA) is 78.9 Å². The van der Waals surface area contributed by atoms with E-state index in [4.69, 9.17) is 30.5 Å². The summed E-state index contributed by atoms with van der Waals surface area (Å²) in [5, 5.41) is 3.35. The average molecular weight is 469 g/mol. The molecule has 2 aromatic carbocycles. The number of hydrogen-bond donors (Lipinski definition) is 1. The predicted octanol–water partition coefficient (Wildman–Crippen LogP) is 4.95. The van der Waals surface area contributed by atoms with Crippen LogP contribution < -0.4 is 24.3 Å². The van der Waals surface area contributed by atoms with Gasteiger partial charge in [0, 0.05) is 25.2 Å². The van der Waals surface area contributed by atoms with Gasteiger partial charge < -0.3 is 24.3 Å². The highest BCUT2D eigenvalue weighted by atomic mass is 35.5. The minimum Gasteiger partial charge on any atom is -0.490 e. The van der Waals surface area contributed by atoms with E-state index in [0.29, 0.717) is 60.3 Å². The smallest absolute Gasteiger partial charge is 0.224 e. The highest BCUT2D eigenvalue weighted by molar-refractivity contribution is 6.32. The molecule has 0 fully saturated rings. The summed E-state index contributed by atoms with van der Waals surface area (Å²) in [4.78, 5) is 16.8. The lowest BCUT2D eigenvalue weighted by Crippen LogP contribution is -2.24. The maximum atomic E-state index is 12.5. The molecular weight excluding hydrogens is 444 g/mol. The first-order valence-electron chi connectivity index (χ1n) is 10.8. The van der Waals surface area contributed by atoms with Crippen LogP contribution in [0.3, 0.4) is 0 Å². The average Bonchev–Trinajstić information content (AvgIpc) is 3.06. The lowest BCUT2D eigenvalue weighted by Gasteiger charge is -2.12. The first-order chi connectivity index (χ1) is 16.1. The molecule has 2 heterocycles. The third kappa shape index (κ3) is 6.08. The summed E-state index contributed by atoms with van der Waals surface area (Å²) in [6, 6.07) is 14.6. The van der Waals surface area contributed by atoms with Crippen LogP contribution >= 0.6 is 11.6 Å². The minimum atomic E-state index is -0.133. The normalized spacial score (nSPS) is 12.5. The van der Waals surface area contributed by atoms with Crippen LogP contribution in [0.15, 0.2) is 54.7 Å². The van der Waals surface area contributed by atoms with Crippen LogP contribution in [0.5, 0.6) is 28.9 Å². The van der Waals surface area contributed by atoms with Gasteiger partial charge in [-0.1, -0.05) is 29.8 Å². The maximum absolute atomic E-state index is 12.5. The van der Waals surface area contributed by atoms with E-state index >= 15 is 0 Å². The fraction of sp³-hybridized carbons (Fsp3) is 0.280. The van der Waals surface area contributed by atoms with Crippen LogP contribution in [0, 0.1) is 0 Å². The molecule has 1 aliphatic heterocycles. The van der Waals surface area contributed by atoms with Crippen molar-refractivity contribution in [2.24, 2.45) is 0 Å². The molecule has 1 N–H and O–H groups in total. The number of nitrogens with one attached hydrogen (secondary N) is 1. The molecule has 3 aromatic rings. The summed E-state index contributed by atoms with van der Waals surface area (Å²) in [5.74, 6) is 2.68. The lowest BCUT2D eigenvalue weighted by atomic mass is 10.1. The number of hydrogen-bond acceptors (Lipinski definition) is 6. The van der Waals surface area contributed by atoms with Crippen LogP contribution in [-0.2, 0) is 17.8 Å². The molecule has 0 saturated heterocycles. The van der Waals surface area contributed by atoms with Crippen molar-refractivity contribution in [1.29, 1.82) is 0 Å². The van der Waals surface area contributed by atoms with Crippen molar-refractivity contribution < 1.29 is 23.7 Å². The van der Waals surface area contributed by atoms with E-state index in [1.54, 1.807) is 24.4 Å². The van der Waals surface area contributed by atoms with Crippen LogP contribution in [0.4, 0.5) is 0 Å². The Kier molecular flexibility index (Phi) is 7.52. The van der Waals surface area contributed by atoms with E-state index in [9.17, 15) is 4.79 Å². The Morgan fingerprint density at radius 3 is 2.70 bits per heavy atom. The van der Waals surface area contributed by atoms with Crippen molar-refractivity contribution in [3.8, 4) is 28.9 Å². The molecule has 0 spiro atoms. The molecule has 33 heavy (non-hydrogen) atoms. The minimum absolute atomic E-state index is 0.133. The number of rotatable bonds is 8. The molecule has 1 amide bonds. The molecule has 0 aliphatic carbocycles. The first kappa shape index (κ1) is 22.7. The monoisotopic (exact) mass is 468 g/mol. The first-order valence-corrected chi connectivity index (χ1v) is 11.2. The molecule has 1 aromatic heterocycles. The number of nitrogens with zero attached hydrogens (tertiary/aromatic N) is 1. The molecule has 0 unspecified atom stereocenters. The fourth-order valence-corrected chi connectivity index (χ4v) is 3.62. The summed E-state index contributed by atoms with van der Waals surface area (Å²) in [7, 11) is 0. The van der Waals surface area contributed by atoms with Gasteiger partial charge in [-0.3, -0.25) is 4.79 Å². The number of carbonyl (C=O) groups is 1. The van der Waals surface area contributed by atoms with Gasteiger partial charge in [-0.05, 0) is 42.3 Å². The summed E-state index contributed by atoms with van der Waals surface area (Å²) in [5.41, 5.74) is 1.61. The lowest BCUT2D eigenvalue weighted by molar-refractivity contribution is -0.120. The molecule has 8 heteroatoms. The number of ether oxygens (including phenoxy) is 4. The van der Waals surface area contributed by atoms with E-state index in [0.717, 1.165) is 17.5 Å². The Morgan fingerprint density at radius 1 is 1.09 bits per heavy atom. The number of amides is 1. The van der Waals surface area contributed by atoms with Crippen molar-refractivity contribution in [1.82, 2.24) is 10.3 Å². The summed E-state index contributed by atoms with van der Waals surface area (Å²) >= 11 is 6.31. The van der Waals surface area contributed by atoms with Gasteiger partial charge in [0.2, 0.25) is 11.8 Å². The summed E-state index contributed by atoms with van der Waals surface area (Å²) in [6.07, 6.45) is 2.64. The Balaban J connectivity index is 1.32. The van der Waals surface area contributed by atoms with Gasteiger partial charge in [-0.25, -0.2) is 4.98 Å². The number of fused-ring (bicyclic) bond motifs is 1. The molecular formula is C25H25ClN2O5. The van der Waals surface area contributed by atoms with E-state index in [2.05, 4.69) is 10.3 Å². The zero-order valence-electron chi connectivity index (χ0n) is 18.3. The quantitative estimate of drug-likeness (QED) is 0.504. The molecule has 1 aliphatic rings. The number of benzene rings is 2. The Labute approximate surface area is 197 Å². The molecule has 7 nitrogen and oxygen atoms in total. The zero-order valence-corrected chi connectivity index (χ0v) is 19.1. The van der Waals surface area contributed by atoms with E-state index in [-0.39, 0.29) is 12.3 Å². The van der Waals surface area contributed by atoms with Gasteiger partial charge in [0.15, 0.2) is 23.0 Å². The van der Waals surface area contributed by atoms with Gasteiger partial charge in [-0.2, -0.15) is 0 Å². The Morgan fingerprint density at radius 2 is 1.91 bits per heavy atom. The standard InChI is InChI=1S/C25H25ClN2O5/c1-2-30-20-6-3-4-7-21(20)33-24-9-8-17(16-28-24)15-27-23(29)14-18-12-19(26)25-22(13-18)31-10-5-11-32-25/h3-4,6-9,12-13,16H,2,5,10-11,14-15H2,1H3,(H,27,29). The number of carbonyl (C=O) groups excluding carboxylic acids is 1. The Bertz CT molecular complexity index is 1100. The number of aromatic nitrogens is 1. The van der Waals surface area contributed by atoms with Crippen LogP contribution in [0.25, 0.3) is 0 Å². The van der Waals surface area contributed by atoms with E-state index < -0.39 is 0 Å². The second-order valence-corrected chi connectivity index (χ2v) is 7.80. The number of pyridine rings is 1. The van der Waals surface area contributed by atoms with Crippen molar-refractivity contribution in [3.63, 3.8) is 0 Å². The fourth-order valence-electron chi connectivity index (χ4n) is 3.33. The van der Waals surface area contributed by atoms with Gasteiger partial charge >= 0.3 is 0 Å². The zero-order chi connectivity index (χ0) is 23.0. The van der Waals surface area contributed by atoms with Crippen molar-refractivity contribution >= 4 is 17.5 Å². The number of halogens is 1. The largest absolute Gasteiger partial charge is 0.490 e. The van der Waals surface area contributed by atoms with Crippen molar-refractivity contribution in [2.45, 2.75) is 26.3 Å². The van der Waals surface area contributed by atoms with Crippen LogP contribution in [-0.4, -0.2) is 30.7 Å². The second-order valence-electron chi connectivity index (χ2n) is 7.40. The SMILES string of the molecule is CCOc1ccccc1Oc1ccc(CNC(=O)Cc2cc(Cl)c3c(c2)OCCCO3)cn1.